The summed E-state index contributed by atoms with van der Waals surface area (Å²) in [5.74, 6) is 0.743. The smallest absolute Gasteiger partial charge is 0.130 e. The third-order valence-corrected chi connectivity index (χ3v) is 1.61. The van der Waals surface area contributed by atoms with Gasteiger partial charge >= 0.3 is 0 Å². The molecule has 0 heterocycles. The Kier molecular flexibility index (Phi) is 4.06. The highest BCUT2D eigenvalue weighted by Gasteiger charge is 2.03. The van der Waals surface area contributed by atoms with Crippen molar-refractivity contribution in [3.63, 3.8) is 0 Å². The van der Waals surface area contributed by atoms with E-state index in [4.69, 9.17) is 4.74 Å². The van der Waals surface area contributed by atoms with Crippen molar-refractivity contribution in [1.29, 1.82) is 0 Å². The molecule has 0 amide bonds. The van der Waals surface area contributed by atoms with Crippen LogP contribution in [0.1, 0.15) is 6.42 Å². The van der Waals surface area contributed by atoms with Crippen molar-refractivity contribution in [2.45, 2.75) is 12.5 Å². The Bertz CT molecular complexity index is 244. The van der Waals surface area contributed by atoms with Crippen LogP contribution in [0.25, 0.3) is 0 Å². The molecule has 2 nitrogen and oxygen atoms in total. The molecule has 1 atom stereocenters. The average Bonchev–Trinajstić information content (AvgIpc) is 2.17. The topological polar surface area (TPSA) is 29.1 Å². The van der Waals surface area contributed by atoms with Crippen molar-refractivity contribution in [2.24, 2.45) is 0 Å². The second kappa shape index (κ2) is 5.38. The molecule has 0 aromatic heterocycles. The summed E-state index contributed by atoms with van der Waals surface area (Å²) in [5.41, 5.74) is 0. The van der Waals surface area contributed by atoms with E-state index in [9.17, 15) is 5.11 Å². The highest BCUT2D eigenvalue weighted by Crippen LogP contribution is 2.09. The highest BCUT2D eigenvalue weighted by molar-refractivity contribution is 5.20. The van der Waals surface area contributed by atoms with E-state index in [2.05, 4.69) is 6.58 Å². The SMILES string of the molecule is C=CCC([O])COc1ccccc1. The standard InChI is InChI=1S/C11H13O2/c1-2-6-10(12)9-13-11-7-4-3-5-8-11/h2-5,7-8,10H,1,6,9H2. The molecule has 1 aromatic rings. The lowest BCUT2D eigenvalue weighted by Crippen LogP contribution is -2.14. The fraction of sp³-hybridized carbons (Fsp3) is 0.273. The molecule has 0 saturated heterocycles. The van der Waals surface area contributed by atoms with E-state index in [0.29, 0.717) is 6.42 Å². The summed E-state index contributed by atoms with van der Waals surface area (Å²) < 4.78 is 5.26. The molecule has 13 heavy (non-hydrogen) atoms. The van der Waals surface area contributed by atoms with Gasteiger partial charge in [-0.3, -0.25) is 0 Å². The number of hydrogen-bond donors (Lipinski definition) is 0. The van der Waals surface area contributed by atoms with Gasteiger partial charge in [0.15, 0.2) is 0 Å². The lowest BCUT2D eigenvalue weighted by atomic mass is 10.3. The van der Waals surface area contributed by atoms with E-state index < -0.39 is 6.10 Å². The van der Waals surface area contributed by atoms with Crippen LogP contribution < -0.4 is 4.74 Å². The minimum Gasteiger partial charge on any atom is -0.491 e. The maximum atomic E-state index is 11.1. The summed E-state index contributed by atoms with van der Waals surface area (Å²) in [6.07, 6.45) is 1.36. The van der Waals surface area contributed by atoms with Gasteiger partial charge in [-0.2, -0.15) is 0 Å². The van der Waals surface area contributed by atoms with Gasteiger partial charge in [0.2, 0.25) is 0 Å². The van der Waals surface area contributed by atoms with E-state index in [0.717, 1.165) is 5.75 Å². The second-order valence-electron chi connectivity index (χ2n) is 2.77. The minimum atomic E-state index is -0.710. The first-order valence-electron chi connectivity index (χ1n) is 4.27. The lowest BCUT2D eigenvalue weighted by Gasteiger charge is -2.07. The molecule has 0 saturated carbocycles. The first-order chi connectivity index (χ1) is 6.33. The quantitative estimate of drug-likeness (QED) is 0.635. The first kappa shape index (κ1) is 9.81. The molecule has 0 aliphatic rings. The number of benzene rings is 1. The molecular formula is C11H13O2. The summed E-state index contributed by atoms with van der Waals surface area (Å²) >= 11 is 0. The molecule has 1 unspecified atom stereocenters. The number of hydrogen-bond acceptors (Lipinski definition) is 1. The summed E-state index contributed by atoms with van der Waals surface area (Å²) in [6.45, 7) is 3.70. The first-order valence-corrected chi connectivity index (χ1v) is 4.27. The Morgan fingerprint density at radius 1 is 1.38 bits per heavy atom. The Morgan fingerprint density at radius 2 is 2.08 bits per heavy atom. The maximum Gasteiger partial charge on any atom is 0.130 e. The Hall–Kier alpha value is -1.28. The Balaban J connectivity index is 2.30. The minimum absolute atomic E-state index is 0.204. The zero-order valence-corrected chi connectivity index (χ0v) is 7.48. The van der Waals surface area contributed by atoms with E-state index >= 15 is 0 Å². The van der Waals surface area contributed by atoms with Crippen LogP contribution in [0, 0.1) is 0 Å². The van der Waals surface area contributed by atoms with E-state index in [-0.39, 0.29) is 6.61 Å². The molecule has 2 heteroatoms. The van der Waals surface area contributed by atoms with Crippen molar-refractivity contribution in [2.75, 3.05) is 6.61 Å². The number of para-hydroxylation sites is 1. The molecule has 0 bridgehead atoms. The molecule has 0 spiro atoms. The average molecular weight is 177 g/mol. The van der Waals surface area contributed by atoms with Gasteiger partial charge in [-0.1, -0.05) is 24.3 Å². The molecule has 1 aromatic carbocycles. The van der Waals surface area contributed by atoms with Gasteiger partial charge in [0.25, 0.3) is 0 Å². The van der Waals surface area contributed by atoms with Crippen LogP contribution in [0.4, 0.5) is 0 Å². The van der Waals surface area contributed by atoms with Crippen LogP contribution in [0.5, 0.6) is 5.75 Å². The zero-order chi connectivity index (χ0) is 9.52. The predicted molar refractivity (Wildman–Crippen MR) is 51.2 cm³/mol. The fourth-order valence-corrected chi connectivity index (χ4v) is 0.960. The van der Waals surface area contributed by atoms with Gasteiger partial charge in [0.1, 0.15) is 18.5 Å². The maximum absolute atomic E-state index is 11.1. The zero-order valence-electron chi connectivity index (χ0n) is 7.48. The Labute approximate surface area is 78.5 Å². The molecular weight excluding hydrogens is 164 g/mol. The largest absolute Gasteiger partial charge is 0.491 e. The number of ether oxygens (including phenoxy) is 1. The summed E-state index contributed by atoms with van der Waals surface area (Å²) in [4.78, 5) is 0. The van der Waals surface area contributed by atoms with Crippen LogP contribution in [0.2, 0.25) is 0 Å². The van der Waals surface area contributed by atoms with Crippen LogP contribution in [-0.4, -0.2) is 12.7 Å². The van der Waals surface area contributed by atoms with Crippen LogP contribution in [-0.2, 0) is 5.11 Å². The molecule has 0 aliphatic heterocycles. The molecule has 0 aliphatic carbocycles. The fourth-order valence-electron chi connectivity index (χ4n) is 0.960. The van der Waals surface area contributed by atoms with E-state index in [1.165, 1.54) is 0 Å². The molecule has 1 rings (SSSR count). The van der Waals surface area contributed by atoms with Crippen molar-refractivity contribution in [3.8, 4) is 5.75 Å². The van der Waals surface area contributed by atoms with Crippen molar-refractivity contribution in [1.82, 2.24) is 0 Å². The van der Waals surface area contributed by atoms with Gasteiger partial charge in [-0.05, 0) is 18.6 Å². The summed E-state index contributed by atoms with van der Waals surface area (Å²) in [7, 11) is 0. The summed E-state index contributed by atoms with van der Waals surface area (Å²) in [6, 6.07) is 9.33. The van der Waals surface area contributed by atoms with Gasteiger partial charge in [0, 0.05) is 0 Å². The lowest BCUT2D eigenvalue weighted by molar-refractivity contribution is 0.0467. The van der Waals surface area contributed by atoms with Crippen LogP contribution >= 0.6 is 0 Å². The molecule has 0 N–H and O–H groups in total. The monoisotopic (exact) mass is 177 g/mol. The van der Waals surface area contributed by atoms with Crippen molar-refractivity contribution < 1.29 is 9.84 Å². The summed E-state index contributed by atoms with van der Waals surface area (Å²) in [5, 5.41) is 11.1. The van der Waals surface area contributed by atoms with Crippen LogP contribution in [0.15, 0.2) is 43.0 Å². The van der Waals surface area contributed by atoms with E-state index in [1.54, 1.807) is 6.08 Å². The Morgan fingerprint density at radius 3 is 2.69 bits per heavy atom. The molecule has 69 valence electrons. The third kappa shape index (κ3) is 3.76. The van der Waals surface area contributed by atoms with Gasteiger partial charge in [0.05, 0.1) is 0 Å². The van der Waals surface area contributed by atoms with Crippen LogP contribution in [0.3, 0.4) is 0 Å². The van der Waals surface area contributed by atoms with Gasteiger partial charge in [-0.15, -0.1) is 6.58 Å². The third-order valence-electron chi connectivity index (χ3n) is 1.61. The van der Waals surface area contributed by atoms with E-state index in [1.807, 2.05) is 30.3 Å². The second-order valence-corrected chi connectivity index (χ2v) is 2.77. The predicted octanol–water partition coefficient (Wildman–Crippen LogP) is 2.44. The highest BCUT2D eigenvalue weighted by atomic mass is 16.5. The van der Waals surface area contributed by atoms with Gasteiger partial charge < -0.3 is 4.74 Å². The van der Waals surface area contributed by atoms with Crippen molar-refractivity contribution >= 4 is 0 Å². The molecule has 0 fully saturated rings. The van der Waals surface area contributed by atoms with Crippen molar-refractivity contribution in [3.05, 3.63) is 43.0 Å². The molecule has 1 radical (unpaired) electrons. The normalized spacial score (nSPS) is 12.1. The number of rotatable bonds is 5. The van der Waals surface area contributed by atoms with Gasteiger partial charge in [-0.25, -0.2) is 5.11 Å².